The molecule has 0 radical (unpaired) electrons. The maximum atomic E-state index is 12.1. The molecule has 0 aliphatic heterocycles. The zero-order chi connectivity index (χ0) is 13.7. The molecule has 1 aromatic carbocycles. The normalized spacial score (nSPS) is 12.6. The molecule has 100 valence electrons. The fraction of sp³-hybridized carbons (Fsp3) is 0.533. The van der Waals surface area contributed by atoms with Crippen LogP contribution in [0.1, 0.15) is 31.9 Å². The average Bonchev–Trinajstić information content (AvgIpc) is 2.37. The molecule has 1 aromatic rings. The number of halogens is 1. The van der Waals surface area contributed by atoms with Gasteiger partial charge in [-0.3, -0.25) is 4.79 Å². The van der Waals surface area contributed by atoms with E-state index in [1.165, 1.54) is 11.1 Å². The molecule has 0 saturated heterocycles. The highest BCUT2D eigenvalue weighted by Gasteiger charge is 2.22. The van der Waals surface area contributed by atoms with Crippen molar-refractivity contribution in [3.05, 3.63) is 35.4 Å². The minimum absolute atomic E-state index is 0.0996. The first-order valence-corrected chi connectivity index (χ1v) is 7.34. The van der Waals surface area contributed by atoms with Crippen molar-refractivity contribution >= 4 is 21.8 Å². The number of benzene rings is 1. The molecule has 2 nitrogen and oxygen atoms in total. The van der Waals surface area contributed by atoms with E-state index >= 15 is 0 Å². The Bertz CT molecular complexity index is 386. The summed E-state index contributed by atoms with van der Waals surface area (Å²) in [4.78, 5) is 13.8. The molecule has 0 spiro atoms. The minimum Gasteiger partial charge on any atom is -0.340 e. The van der Waals surface area contributed by atoms with E-state index in [0.717, 1.165) is 6.42 Å². The maximum absolute atomic E-state index is 12.1. The summed E-state index contributed by atoms with van der Waals surface area (Å²) in [6, 6.07) is 8.45. The van der Waals surface area contributed by atoms with Crippen molar-refractivity contribution in [3.8, 4) is 0 Å². The number of hydrogen-bond acceptors (Lipinski definition) is 1. The first-order valence-electron chi connectivity index (χ1n) is 6.42. The molecule has 0 saturated carbocycles. The third-order valence-electron chi connectivity index (χ3n) is 3.05. The summed E-state index contributed by atoms with van der Waals surface area (Å²) >= 11 is 3.45. The number of hydrogen-bond donors (Lipinski definition) is 0. The average molecular weight is 312 g/mol. The first-order chi connectivity index (χ1) is 8.45. The van der Waals surface area contributed by atoms with Crippen LogP contribution < -0.4 is 0 Å². The molecule has 1 amide bonds. The van der Waals surface area contributed by atoms with Gasteiger partial charge in [-0.1, -0.05) is 61.0 Å². The molecular weight excluding hydrogens is 290 g/mol. The van der Waals surface area contributed by atoms with Crippen molar-refractivity contribution in [1.29, 1.82) is 0 Å². The highest BCUT2D eigenvalue weighted by molar-refractivity contribution is 9.10. The van der Waals surface area contributed by atoms with Crippen LogP contribution in [0.2, 0.25) is 0 Å². The Morgan fingerprint density at radius 1 is 1.22 bits per heavy atom. The van der Waals surface area contributed by atoms with Gasteiger partial charge in [0, 0.05) is 13.6 Å². The van der Waals surface area contributed by atoms with Crippen LogP contribution in [0.25, 0.3) is 0 Å². The van der Waals surface area contributed by atoms with Gasteiger partial charge >= 0.3 is 0 Å². The smallest absolute Gasteiger partial charge is 0.236 e. The number of aryl methyl sites for hydroxylation is 1. The van der Waals surface area contributed by atoms with Crippen LogP contribution in [0.5, 0.6) is 0 Å². The second-order valence-corrected chi connectivity index (χ2v) is 6.00. The summed E-state index contributed by atoms with van der Waals surface area (Å²) in [5.41, 5.74) is 2.50. The third-order valence-corrected chi connectivity index (χ3v) is 4.50. The number of rotatable bonds is 5. The second kappa shape index (κ2) is 6.93. The first kappa shape index (κ1) is 15.2. The Labute approximate surface area is 119 Å². The van der Waals surface area contributed by atoms with Crippen LogP contribution in [0.15, 0.2) is 24.3 Å². The quantitative estimate of drug-likeness (QED) is 0.760. The Balaban J connectivity index is 2.63. The summed E-state index contributed by atoms with van der Waals surface area (Å²) in [5, 5.41) is 0. The number of carbonyl (C=O) groups is 1. The van der Waals surface area contributed by atoms with Crippen molar-refractivity contribution < 1.29 is 4.79 Å². The predicted octanol–water partition coefficient (Wildman–Crippen LogP) is 3.63. The second-order valence-electron chi connectivity index (χ2n) is 5.01. The van der Waals surface area contributed by atoms with E-state index < -0.39 is 0 Å². The van der Waals surface area contributed by atoms with E-state index in [-0.39, 0.29) is 10.7 Å². The molecule has 1 rings (SSSR count). The van der Waals surface area contributed by atoms with Crippen LogP contribution in [-0.4, -0.2) is 22.7 Å². The number of alkyl halides is 1. The highest BCUT2D eigenvalue weighted by Crippen LogP contribution is 2.16. The van der Waals surface area contributed by atoms with E-state index in [1.807, 2.05) is 20.9 Å². The Hall–Kier alpha value is -0.830. The summed E-state index contributed by atoms with van der Waals surface area (Å²) in [7, 11) is 1.85. The van der Waals surface area contributed by atoms with Crippen LogP contribution in [-0.2, 0) is 17.8 Å². The predicted molar refractivity (Wildman–Crippen MR) is 79.8 cm³/mol. The molecule has 0 heterocycles. The molecule has 0 aliphatic carbocycles. The monoisotopic (exact) mass is 311 g/mol. The minimum atomic E-state index is -0.0996. The zero-order valence-electron chi connectivity index (χ0n) is 11.6. The summed E-state index contributed by atoms with van der Waals surface area (Å²) in [6.07, 6.45) is 1.05. The van der Waals surface area contributed by atoms with Gasteiger partial charge in [-0.05, 0) is 23.5 Å². The van der Waals surface area contributed by atoms with Gasteiger partial charge in [-0.15, -0.1) is 0 Å². The molecule has 18 heavy (non-hydrogen) atoms. The van der Waals surface area contributed by atoms with E-state index in [0.29, 0.717) is 12.5 Å². The molecule has 1 unspecified atom stereocenters. The molecular formula is C15H22BrNO. The summed E-state index contributed by atoms with van der Waals surface area (Å²) in [6.45, 7) is 6.89. The van der Waals surface area contributed by atoms with E-state index in [1.54, 1.807) is 4.90 Å². The maximum Gasteiger partial charge on any atom is 0.236 e. The Kier molecular flexibility index (Phi) is 5.86. The fourth-order valence-electron chi connectivity index (χ4n) is 1.73. The van der Waals surface area contributed by atoms with Crippen molar-refractivity contribution in [2.24, 2.45) is 5.92 Å². The highest BCUT2D eigenvalue weighted by atomic mass is 79.9. The molecule has 0 N–H and O–H groups in total. The number of amides is 1. The van der Waals surface area contributed by atoms with Crippen molar-refractivity contribution in [1.82, 2.24) is 4.90 Å². The molecule has 0 aliphatic rings. The topological polar surface area (TPSA) is 20.3 Å². The molecule has 0 fully saturated rings. The van der Waals surface area contributed by atoms with Crippen LogP contribution >= 0.6 is 15.9 Å². The fourth-order valence-corrected chi connectivity index (χ4v) is 2.08. The van der Waals surface area contributed by atoms with Crippen LogP contribution in [0.4, 0.5) is 0 Å². The standard InChI is InChI=1S/C15H22BrNO/c1-5-12-6-8-13(9-7-12)10-17(4)15(18)14(16)11(2)3/h6-9,11,14H,5,10H2,1-4H3. The lowest BCUT2D eigenvalue weighted by molar-refractivity contribution is -0.130. The van der Waals surface area contributed by atoms with Gasteiger partial charge in [0.2, 0.25) is 5.91 Å². The largest absolute Gasteiger partial charge is 0.340 e. The third kappa shape index (κ3) is 4.13. The Morgan fingerprint density at radius 3 is 2.17 bits per heavy atom. The van der Waals surface area contributed by atoms with E-state index in [2.05, 4.69) is 47.1 Å². The summed E-state index contributed by atoms with van der Waals surface area (Å²) in [5.74, 6) is 0.451. The number of carbonyl (C=O) groups excluding carboxylic acids is 1. The molecule has 0 bridgehead atoms. The van der Waals surface area contributed by atoms with Crippen LogP contribution in [0.3, 0.4) is 0 Å². The molecule has 0 aromatic heterocycles. The van der Waals surface area contributed by atoms with E-state index in [9.17, 15) is 4.79 Å². The van der Waals surface area contributed by atoms with Gasteiger partial charge < -0.3 is 4.90 Å². The molecule has 1 atom stereocenters. The summed E-state index contributed by atoms with van der Waals surface area (Å²) < 4.78 is 0. The Morgan fingerprint density at radius 2 is 1.72 bits per heavy atom. The number of nitrogens with zero attached hydrogens (tertiary/aromatic N) is 1. The lowest BCUT2D eigenvalue weighted by Crippen LogP contribution is -2.35. The molecule has 3 heteroatoms. The van der Waals surface area contributed by atoms with Gasteiger partial charge in [0.1, 0.15) is 0 Å². The van der Waals surface area contributed by atoms with Gasteiger partial charge in [-0.2, -0.15) is 0 Å². The SMILES string of the molecule is CCc1ccc(CN(C)C(=O)C(Br)C(C)C)cc1. The van der Waals surface area contributed by atoms with Crippen molar-refractivity contribution in [2.75, 3.05) is 7.05 Å². The van der Waals surface area contributed by atoms with E-state index in [4.69, 9.17) is 0 Å². The van der Waals surface area contributed by atoms with Gasteiger partial charge in [0.05, 0.1) is 4.83 Å². The lowest BCUT2D eigenvalue weighted by atomic mass is 10.1. The van der Waals surface area contributed by atoms with Crippen molar-refractivity contribution in [3.63, 3.8) is 0 Å². The van der Waals surface area contributed by atoms with Crippen LogP contribution in [0, 0.1) is 5.92 Å². The zero-order valence-corrected chi connectivity index (χ0v) is 13.2. The van der Waals surface area contributed by atoms with Crippen molar-refractivity contribution in [2.45, 2.75) is 38.6 Å². The lowest BCUT2D eigenvalue weighted by Gasteiger charge is -2.22. The van der Waals surface area contributed by atoms with Gasteiger partial charge in [0.15, 0.2) is 0 Å². The van der Waals surface area contributed by atoms with Gasteiger partial charge in [-0.25, -0.2) is 0 Å². The van der Waals surface area contributed by atoms with Gasteiger partial charge in [0.25, 0.3) is 0 Å².